The van der Waals surface area contributed by atoms with Gasteiger partial charge in [0.25, 0.3) is 0 Å². The summed E-state index contributed by atoms with van der Waals surface area (Å²) in [6, 6.07) is 7.33. The van der Waals surface area contributed by atoms with Gasteiger partial charge < -0.3 is 10.8 Å². The Morgan fingerprint density at radius 1 is 1.21 bits per heavy atom. The maximum atomic E-state index is 10.9. The summed E-state index contributed by atoms with van der Waals surface area (Å²) in [7, 11) is 1.00. The summed E-state index contributed by atoms with van der Waals surface area (Å²) in [4.78, 5) is 10.9. The van der Waals surface area contributed by atoms with Crippen LogP contribution >= 0.6 is 22.9 Å². The van der Waals surface area contributed by atoms with Gasteiger partial charge in [-0.25, -0.2) is 0 Å². The molecule has 0 aliphatic heterocycles. The van der Waals surface area contributed by atoms with Crippen LogP contribution in [-0.4, -0.2) is 18.5 Å². The number of carbonyl (C=O) groups excluding carboxylic acids is 1. The van der Waals surface area contributed by atoms with Crippen molar-refractivity contribution >= 4 is 34.2 Å². The molecule has 3 N–H and O–H groups in total. The summed E-state index contributed by atoms with van der Waals surface area (Å²) in [6.07, 6.45) is 0.787. The van der Waals surface area contributed by atoms with Crippen molar-refractivity contribution in [3.8, 4) is 11.1 Å². The summed E-state index contributed by atoms with van der Waals surface area (Å²) in [6.45, 7) is 4.00. The third-order valence-electron chi connectivity index (χ3n) is 2.13. The minimum absolute atomic E-state index is 0.551. The first-order valence-corrected chi connectivity index (χ1v) is 7.01. The van der Waals surface area contributed by atoms with Crippen LogP contribution in [0.3, 0.4) is 0 Å². The zero-order chi connectivity index (χ0) is 14.8. The molecule has 0 spiro atoms. The molecule has 0 saturated carbocycles. The summed E-state index contributed by atoms with van der Waals surface area (Å²) in [5.41, 5.74) is 8.06. The average molecular weight is 300 g/mol. The first-order chi connectivity index (χ1) is 9.22. The van der Waals surface area contributed by atoms with Crippen molar-refractivity contribution in [2.24, 2.45) is 0 Å². The van der Waals surface area contributed by atoms with Crippen LogP contribution in [-0.2, 0) is 0 Å². The molecule has 2 aromatic rings. The van der Waals surface area contributed by atoms with Crippen LogP contribution in [0.4, 0.5) is 5.00 Å². The number of carbonyl (C=O) groups is 1. The first-order valence-electron chi connectivity index (χ1n) is 5.75. The van der Waals surface area contributed by atoms with E-state index in [1.165, 1.54) is 11.3 Å². The van der Waals surface area contributed by atoms with Gasteiger partial charge in [0.2, 0.25) is 0 Å². The number of rotatable bonds is 2. The van der Waals surface area contributed by atoms with Crippen LogP contribution < -0.4 is 5.73 Å². The molecule has 1 aromatic heterocycles. The Labute approximate surface area is 122 Å². The van der Waals surface area contributed by atoms with Crippen LogP contribution in [0.2, 0.25) is 5.02 Å². The van der Waals surface area contributed by atoms with Gasteiger partial charge >= 0.3 is 0 Å². The van der Waals surface area contributed by atoms with Crippen molar-refractivity contribution in [2.75, 3.05) is 12.8 Å². The zero-order valence-electron chi connectivity index (χ0n) is 11.2. The van der Waals surface area contributed by atoms with Gasteiger partial charge in [-0.15, -0.1) is 11.3 Å². The van der Waals surface area contributed by atoms with Crippen LogP contribution in [0.15, 0.2) is 29.6 Å². The van der Waals surface area contributed by atoms with Gasteiger partial charge in [-0.05, 0) is 17.7 Å². The molecule has 0 radical (unpaired) electrons. The lowest BCUT2D eigenvalue weighted by Crippen LogP contribution is -1.88. The SMILES string of the molecule is CC.CO.Nc1scc(-c2ccc(Cl)cc2)c1C=O. The molecule has 2 rings (SSSR count). The van der Waals surface area contributed by atoms with Crippen LogP contribution in [0, 0.1) is 0 Å². The Bertz CT molecular complexity index is 495. The van der Waals surface area contributed by atoms with E-state index in [4.69, 9.17) is 22.4 Å². The highest BCUT2D eigenvalue weighted by molar-refractivity contribution is 7.14. The van der Waals surface area contributed by atoms with Gasteiger partial charge in [0, 0.05) is 23.1 Å². The second-order valence-corrected chi connectivity index (χ2v) is 4.40. The highest BCUT2D eigenvalue weighted by atomic mass is 35.5. The number of hydrogen-bond acceptors (Lipinski definition) is 4. The molecule has 0 saturated heterocycles. The van der Waals surface area contributed by atoms with Crippen molar-refractivity contribution in [1.29, 1.82) is 0 Å². The van der Waals surface area contributed by atoms with E-state index >= 15 is 0 Å². The van der Waals surface area contributed by atoms with Gasteiger partial charge in [-0.1, -0.05) is 37.6 Å². The predicted octanol–water partition coefficient (Wildman–Crippen LogP) is 4.10. The number of thiophene rings is 1. The number of aldehydes is 1. The lowest BCUT2D eigenvalue weighted by Gasteiger charge is -1.99. The Morgan fingerprint density at radius 3 is 2.21 bits per heavy atom. The van der Waals surface area contributed by atoms with Crippen molar-refractivity contribution in [1.82, 2.24) is 0 Å². The Kier molecular flexibility index (Phi) is 8.87. The van der Waals surface area contributed by atoms with Crippen molar-refractivity contribution in [3.05, 3.63) is 40.2 Å². The molecular formula is C14H18ClNO2S. The molecule has 3 nitrogen and oxygen atoms in total. The normalized spacial score (nSPS) is 8.68. The molecule has 0 bridgehead atoms. The van der Waals surface area contributed by atoms with Crippen LogP contribution in [0.25, 0.3) is 11.1 Å². The van der Waals surface area contributed by atoms with Crippen LogP contribution in [0.1, 0.15) is 24.2 Å². The number of aliphatic hydroxyl groups excluding tert-OH is 1. The fourth-order valence-electron chi connectivity index (χ4n) is 1.36. The standard InChI is InChI=1S/C11H8ClNOS.C2H6.CH4O/c12-8-3-1-7(2-4-8)10-6-15-11(13)9(10)5-14;2*1-2/h1-6H,13H2;1-2H3;2H,1H3. The molecule has 0 unspecified atom stereocenters. The van der Waals surface area contributed by atoms with E-state index in [2.05, 4.69) is 0 Å². The highest BCUT2D eigenvalue weighted by Gasteiger charge is 2.09. The Hall–Kier alpha value is -1.36. The molecular weight excluding hydrogens is 282 g/mol. The number of halogens is 1. The number of nitrogens with two attached hydrogens (primary N) is 1. The monoisotopic (exact) mass is 299 g/mol. The first kappa shape index (κ1) is 17.6. The van der Waals surface area contributed by atoms with E-state index in [0.717, 1.165) is 24.5 Å². The Balaban J connectivity index is 0.000000741. The summed E-state index contributed by atoms with van der Waals surface area (Å²) in [5.74, 6) is 0. The molecule has 0 aliphatic rings. The second kappa shape index (κ2) is 9.55. The zero-order valence-corrected chi connectivity index (χ0v) is 12.8. The number of anilines is 1. The highest BCUT2D eigenvalue weighted by Crippen LogP contribution is 2.32. The molecule has 19 heavy (non-hydrogen) atoms. The number of nitrogen functional groups attached to an aromatic ring is 1. The topological polar surface area (TPSA) is 63.3 Å². The quantitative estimate of drug-likeness (QED) is 0.821. The van der Waals surface area contributed by atoms with Crippen LogP contribution in [0.5, 0.6) is 0 Å². The third-order valence-corrected chi connectivity index (χ3v) is 3.21. The van der Waals surface area contributed by atoms with E-state index in [1.807, 2.05) is 31.4 Å². The maximum absolute atomic E-state index is 10.9. The molecule has 0 amide bonds. The smallest absolute Gasteiger partial charge is 0.153 e. The maximum Gasteiger partial charge on any atom is 0.153 e. The Morgan fingerprint density at radius 2 is 1.74 bits per heavy atom. The van der Waals surface area contributed by atoms with E-state index < -0.39 is 0 Å². The lowest BCUT2D eigenvalue weighted by atomic mass is 10.1. The van der Waals surface area contributed by atoms with E-state index in [0.29, 0.717) is 15.6 Å². The van der Waals surface area contributed by atoms with Gasteiger partial charge in [-0.3, -0.25) is 4.79 Å². The van der Waals surface area contributed by atoms with Crippen molar-refractivity contribution < 1.29 is 9.90 Å². The van der Waals surface area contributed by atoms with E-state index in [-0.39, 0.29) is 0 Å². The minimum atomic E-state index is 0.551. The van der Waals surface area contributed by atoms with Crippen molar-refractivity contribution in [2.45, 2.75) is 13.8 Å². The number of benzene rings is 1. The molecule has 5 heteroatoms. The minimum Gasteiger partial charge on any atom is -0.400 e. The fourth-order valence-corrected chi connectivity index (χ4v) is 2.28. The second-order valence-electron chi connectivity index (χ2n) is 3.05. The molecule has 0 fully saturated rings. The number of aliphatic hydroxyl groups is 1. The van der Waals surface area contributed by atoms with Crippen molar-refractivity contribution in [3.63, 3.8) is 0 Å². The van der Waals surface area contributed by atoms with Gasteiger partial charge in [0.05, 0.1) is 10.6 Å². The summed E-state index contributed by atoms with van der Waals surface area (Å²) in [5, 5.41) is 10.1. The lowest BCUT2D eigenvalue weighted by molar-refractivity contribution is 0.112. The molecule has 1 heterocycles. The molecule has 1 aromatic carbocycles. The molecule has 0 atom stereocenters. The molecule has 0 aliphatic carbocycles. The summed E-state index contributed by atoms with van der Waals surface area (Å²) >= 11 is 7.15. The van der Waals surface area contributed by atoms with E-state index in [1.54, 1.807) is 12.1 Å². The fraction of sp³-hybridized carbons (Fsp3) is 0.214. The van der Waals surface area contributed by atoms with E-state index in [9.17, 15) is 4.79 Å². The van der Waals surface area contributed by atoms with Gasteiger partial charge in [0.15, 0.2) is 6.29 Å². The molecule has 104 valence electrons. The summed E-state index contributed by atoms with van der Waals surface area (Å²) < 4.78 is 0. The average Bonchev–Trinajstić information content (AvgIpc) is 2.85. The number of hydrogen-bond donors (Lipinski definition) is 2. The predicted molar refractivity (Wildman–Crippen MR) is 84.1 cm³/mol. The third kappa shape index (κ3) is 4.67. The van der Waals surface area contributed by atoms with Gasteiger partial charge in [0.1, 0.15) is 0 Å². The largest absolute Gasteiger partial charge is 0.400 e. The van der Waals surface area contributed by atoms with Gasteiger partial charge in [-0.2, -0.15) is 0 Å².